The Bertz CT molecular complexity index is 831. The number of hydrogen-bond acceptors (Lipinski definition) is 7. The van der Waals surface area contributed by atoms with E-state index in [1.165, 1.54) is 7.11 Å². The number of ether oxygens (including phenoxy) is 1. The normalized spacial score (nSPS) is 15.5. The third kappa shape index (κ3) is 2.78. The van der Waals surface area contributed by atoms with E-state index in [1.54, 1.807) is 24.3 Å². The number of rotatable bonds is 4. The Morgan fingerprint density at radius 1 is 1.08 bits per heavy atom. The van der Waals surface area contributed by atoms with Gasteiger partial charge in [-0.05, 0) is 19.2 Å². The number of nitrogens with one attached hydrogen (secondary N) is 1. The number of carbonyl (C=O) groups is 1. The molecule has 0 atom stereocenters. The summed E-state index contributed by atoms with van der Waals surface area (Å²) in [6.07, 6.45) is 0. The molecule has 1 saturated heterocycles. The van der Waals surface area contributed by atoms with Gasteiger partial charge in [0.05, 0.1) is 18.4 Å². The summed E-state index contributed by atoms with van der Waals surface area (Å²) in [4.78, 5) is 40.0. The van der Waals surface area contributed by atoms with Crippen molar-refractivity contribution in [1.29, 1.82) is 0 Å². The first-order chi connectivity index (χ1) is 11.5. The van der Waals surface area contributed by atoms with E-state index in [2.05, 4.69) is 10.2 Å². The quantitative estimate of drug-likeness (QED) is 0.649. The van der Waals surface area contributed by atoms with Gasteiger partial charge in [0, 0.05) is 26.2 Å². The second-order valence-electron chi connectivity index (χ2n) is 5.83. The fraction of sp³-hybridized carbons (Fsp3) is 0.353. The molecular formula is C17H19N3O4. The fourth-order valence-corrected chi connectivity index (χ4v) is 2.84. The minimum Gasteiger partial charge on any atom is -0.465 e. The number of esters is 1. The maximum Gasteiger partial charge on any atom is 0.339 e. The van der Waals surface area contributed by atoms with Crippen LogP contribution in [0.4, 0.5) is 17.1 Å². The lowest BCUT2D eigenvalue weighted by atomic mass is 10.1. The van der Waals surface area contributed by atoms with Crippen LogP contribution in [0.5, 0.6) is 0 Å². The molecule has 7 heteroatoms. The molecule has 0 aromatic heterocycles. The number of piperazine rings is 1. The zero-order valence-electron chi connectivity index (χ0n) is 13.7. The Morgan fingerprint density at radius 3 is 2.42 bits per heavy atom. The average molecular weight is 329 g/mol. The maximum absolute atomic E-state index is 12.0. The molecule has 0 unspecified atom stereocenters. The average Bonchev–Trinajstić information content (AvgIpc) is 2.62. The highest BCUT2D eigenvalue weighted by Gasteiger charge is 2.28. The third-order valence-electron chi connectivity index (χ3n) is 4.30. The Kier molecular flexibility index (Phi) is 4.35. The maximum atomic E-state index is 12.0. The molecule has 24 heavy (non-hydrogen) atoms. The number of carbonyl (C=O) groups excluding carboxylic acids is 1. The van der Waals surface area contributed by atoms with E-state index in [9.17, 15) is 14.4 Å². The van der Waals surface area contributed by atoms with Crippen LogP contribution in [-0.4, -0.2) is 51.2 Å². The topological polar surface area (TPSA) is 79.0 Å². The van der Waals surface area contributed by atoms with Gasteiger partial charge in [-0.2, -0.15) is 0 Å². The third-order valence-corrected chi connectivity index (χ3v) is 4.30. The first-order valence-corrected chi connectivity index (χ1v) is 7.74. The van der Waals surface area contributed by atoms with Gasteiger partial charge in [-0.25, -0.2) is 4.79 Å². The van der Waals surface area contributed by atoms with Crippen molar-refractivity contribution >= 4 is 23.0 Å². The van der Waals surface area contributed by atoms with E-state index >= 15 is 0 Å². The number of para-hydroxylation sites is 1. The van der Waals surface area contributed by atoms with Crippen molar-refractivity contribution in [3.8, 4) is 0 Å². The van der Waals surface area contributed by atoms with Gasteiger partial charge in [0.25, 0.3) is 10.9 Å². The van der Waals surface area contributed by atoms with Crippen LogP contribution in [0.2, 0.25) is 0 Å². The van der Waals surface area contributed by atoms with Crippen LogP contribution in [0.1, 0.15) is 10.4 Å². The zero-order chi connectivity index (χ0) is 17.3. The predicted molar refractivity (Wildman–Crippen MR) is 92.1 cm³/mol. The van der Waals surface area contributed by atoms with Gasteiger partial charge in [0.15, 0.2) is 0 Å². The molecule has 1 N–H and O–H groups in total. The van der Waals surface area contributed by atoms with Crippen LogP contribution in [0.15, 0.2) is 33.9 Å². The highest BCUT2D eigenvalue weighted by atomic mass is 16.5. The number of benzene rings is 1. The molecule has 3 rings (SSSR count). The summed E-state index contributed by atoms with van der Waals surface area (Å²) < 4.78 is 4.75. The Morgan fingerprint density at radius 2 is 1.75 bits per heavy atom. The van der Waals surface area contributed by atoms with E-state index < -0.39 is 16.8 Å². The van der Waals surface area contributed by atoms with Gasteiger partial charge in [-0.15, -0.1) is 0 Å². The molecule has 0 amide bonds. The molecule has 0 spiro atoms. The van der Waals surface area contributed by atoms with Gasteiger partial charge in [0.2, 0.25) is 0 Å². The Hall–Kier alpha value is -2.67. The highest BCUT2D eigenvalue weighted by Crippen LogP contribution is 2.27. The van der Waals surface area contributed by atoms with Crippen LogP contribution in [0, 0.1) is 0 Å². The molecule has 7 nitrogen and oxygen atoms in total. The number of hydrogen-bond donors (Lipinski definition) is 1. The van der Waals surface area contributed by atoms with Gasteiger partial charge in [-0.3, -0.25) is 9.59 Å². The van der Waals surface area contributed by atoms with Crippen LogP contribution in [-0.2, 0) is 4.74 Å². The molecular weight excluding hydrogens is 310 g/mol. The van der Waals surface area contributed by atoms with E-state index in [-0.39, 0.29) is 5.69 Å². The summed E-state index contributed by atoms with van der Waals surface area (Å²) in [5.74, 6) is -0.502. The van der Waals surface area contributed by atoms with Crippen molar-refractivity contribution in [1.82, 2.24) is 4.90 Å². The number of nitrogens with zero attached hydrogens (tertiary/aromatic N) is 2. The first kappa shape index (κ1) is 16.2. The Balaban J connectivity index is 1.90. The van der Waals surface area contributed by atoms with Crippen molar-refractivity contribution in [2.24, 2.45) is 0 Å². The largest absolute Gasteiger partial charge is 0.465 e. The summed E-state index contributed by atoms with van der Waals surface area (Å²) in [5, 5.41) is 2.95. The van der Waals surface area contributed by atoms with Crippen LogP contribution in [0.25, 0.3) is 0 Å². The van der Waals surface area contributed by atoms with Crippen molar-refractivity contribution in [3.63, 3.8) is 0 Å². The lowest BCUT2D eigenvalue weighted by Gasteiger charge is -2.35. The molecule has 0 radical (unpaired) electrons. The molecule has 0 saturated carbocycles. The monoisotopic (exact) mass is 329 g/mol. The summed E-state index contributed by atoms with van der Waals surface area (Å²) in [5.41, 5.74) is 0.402. The number of likely N-dealkylation sites (N-methyl/N-ethyl adjacent to an activating group) is 1. The highest BCUT2D eigenvalue weighted by molar-refractivity contribution is 5.97. The number of methoxy groups -OCH3 is 1. The summed E-state index contributed by atoms with van der Waals surface area (Å²) in [7, 11) is 3.32. The second-order valence-corrected chi connectivity index (χ2v) is 5.83. The van der Waals surface area contributed by atoms with Gasteiger partial charge in [0.1, 0.15) is 11.4 Å². The SMILES string of the molecule is COC(=O)c1ccccc1Nc1c(N2CCN(C)CC2)c(=O)c1=O. The molecule has 1 aliphatic heterocycles. The minimum atomic E-state index is -0.552. The summed E-state index contributed by atoms with van der Waals surface area (Å²) >= 11 is 0. The molecule has 126 valence electrons. The molecule has 2 aromatic rings. The van der Waals surface area contributed by atoms with Crippen molar-refractivity contribution in [3.05, 3.63) is 50.3 Å². The fourth-order valence-electron chi connectivity index (χ4n) is 2.84. The predicted octanol–water partition coefficient (Wildman–Crippen LogP) is 0.565. The molecule has 1 heterocycles. The van der Waals surface area contributed by atoms with Crippen molar-refractivity contribution in [2.75, 3.05) is 50.6 Å². The first-order valence-electron chi connectivity index (χ1n) is 7.74. The van der Waals surface area contributed by atoms with E-state index in [4.69, 9.17) is 4.74 Å². The van der Waals surface area contributed by atoms with E-state index in [0.29, 0.717) is 30.0 Å². The molecule has 0 aliphatic carbocycles. The lowest BCUT2D eigenvalue weighted by Crippen LogP contribution is -2.50. The molecule has 2 aromatic carbocycles. The van der Waals surface area contributed by atoms with Gasteiger partial charge >= 0.3 is 5.97 Å². The van der Waals surface area contributed by atoms with Crippen LogP contribution >= 0.6 is 0 Å². The molecule has 1 fully saturated rings. The van der Waals surface area contributed by atoms with Gasteiger partial charge in [-0.1, -0.05) is 12.1 Å². The van der Waals surface area contributed by atoms with Crippen molar-refractivity contribution in [2.45, 2.75) is 0 Å². The number of anilines is 3. The minimum absolute atomic E-state index is 0.251. The summed E-state index contributed by atoms with van der Waals surface area (Å²) in [6, 6.07) is 6.74. The zero-order valence-corrected chi connectivity index (χ0v) is 13.7. The second kappa shape index (κ2) is 6.45. The standard InChI is InChI=1S/C17H19N3O4/c1-19-7-9-20(10-8-19)14-13(15(21)16(14)22)18-12-6-4-3-5-11(12)17(23)24-2/h3-6,18H,7-10H2,1-2H3. The van der Waals surface area contributed by atoms with E-state index in [0.717, 1.165) is 13.1 Å². The lowest BCUT2D eigenvalue weighted by molar-refractivity contribution is 0.0602. The van der Waals surface area contributed by atoms with Crippen molar-refractivity contribution < 1.29 is 9.53 Å². The smallest absolute Gasteiger partial charge is 0.339 e. The Labute approximate surface area is 139 Å². The molecule has 1 aliphatic rings. The molecule has 0 bridgehead atoms. The summed E-state index contributed by atoms with van der Waals surface area (Å²) in [6.45, 7) is 3.04. The van der Waals surface area contributed by atoms with E-state index in [1.807, 2.05) is 11.9 Å². The van der Waals surface area contributed by atoms with Crippen LogP contribution in [0.3, 0.4) is 0 Å². The van der Waals surface area contributed by atoms with Gasteiger partial charge < -0.3 is 19.9 Å². The van der Waals surface area contributed by atoms with Crippen LogP contribution < -0.4 is 21.1 Å².